The summed E-state index contributed by atoms with van der Waals surface area (Å²) < 4.78 is 9.03. The van der Waals surface area contributed by atoms with E-state index in [2.05, 4.69) is 175 Å². The molecule has 0 spiro atoms. The first-order valence-electron chi connectivity index (χ1n) is 18.3. The number of anilines is 3. The predicted molar refractivity (Wildman–Crippen MR) is 244 cm³/mol. The highest BCUT2D eigenvalue weighted by molar-refractivity contribution is 7.27. The molecule has 0 saturated heterocycles. The molecule has 0 fully saturated rings. The standard InChI is InChI=1S/C49H28N2S4/c1-2-8-30(9-3-1)49-50-48-45(55-49)25-24-44-47(48)39-26-31(16-22-43(39)53-44)29-14-17-32(18-15-29)51(33-20-23-42-38(27-33)36-11-5-7-13-41(36)52-42)34-19-21-37-35-10-4-6-12-40(35)54-46(37)28-34/h1-28H. The first-order chi connectivity index (χ1) is 27.2. The molecule has 258 valence electrons. The number of rotatable bonds is 5. The monoisotopic (exact) mass is 772 g/mol. The zero-order valence-electron chi connectivity index (χ0n) is 29.2. The molecule has 0 unspecified atom stereocenters. The Kier molecular flexibility index (Phi) is 7.04. The molecule has 0 N–H and O–H groups in total. The molecule has 4 heterocycles. The van der Waals surface area contributed by atoms with E-state index in [1.54, 1.807) is 11.3 Å². The van der Waals surface area contributed by atoms with E-state index < -0.39 is 0 Å². The van der Waals surface area contributed by atoms with Gasteiger partial charge < -0.3 is 4.90 Å². The first-order valence-corrected chi connectivity index (χ1v) is 21.5. The topological polar surface area (TPSA) is 16.1 Å². The van der Waals surface area contributed by atoms with Crippen LogP contribution in [0.1, 0.15) is 0 Å². The second-order valence-corrected chi connectivity index (χ2v) is 18.2. The van der Waals surface area contributed by atoms with E-state index in [1.165, 1.54) is 81.9 Å². The summed E-state index contributed by atoms with van der Waals surface area (Å²) in [4.78, 5) is 7.62. The lowest BCUT2D eigenvalue weighted by atomic mass is 10.0. The molecule has 0 radical (unpaired) electrons. The number of fused-ring (bicyclic) bond motifs is 11. The number of aromatic nitrogens is 1. The van der Waals surface area contributed by atoms with Gasteiger partial charge in [0.05, 0.1) is 10.2 Å². The van der Waals surface area contributed by atoms with Crippen LogP contribution in [-0.4, -0.2) is 4.98 Å². The van der Waals surface area contributed by atoms with Crippen molar-refractivity contribution in [3.05, 3.63) is 170 Å². The molecule has 12 aromatic rings. The third-order valence-electron chi connectivity index (χ3n) is 10.7. The summed E-state index contributed by atoms with van der Waals surface area (Å²) >= 11 is 7.35. The average molecular weight is 773 g/mol. The van der Waals surface area contributed by atoms with Crippen LogP contribution < -0.4 is 4.90 Å². The average Bonchev–Trinajstić information content (AvgIpc) is 4.02. The fraction of sp³-hybridized carbons (Fsp3) is 0. The summed E-state index contributed by atoms with van der Waals surface area (Å²) in [6.45, 7) is 0. The zero-order valence-corrected chi connectivity index (χ0v) is 32.5. The van der Waals surface area contributed by atoms with E-state index in [0.717, 1.165) is 27.6 Å². The van der Waals surface area contributed by atoms with Gasteiger partial charge in [0.1, 0.15) is 5.01 Å². The van der Waals surface area contributed by atoms with Gasteiger partial charge in [0.2, 0.25) is 0 Å². The Morgan fingerprint density at radius 3 is 1.73 bits per heavy atom. The minimum absolute atomic E-state index is 1.07. The molecule has 0 amide bonds. The normalized spacial score (nSPS) is 12.0. The van der Waals surface area contributed by atoms with Crippen molar-refractivity contribution < 1.29 is 0 Å². The number of nitrogens with zero attached hydrogens (tertiary/aromatic N) is 2. The van der Waals surface area contributed by atoms with Crippen molar-refractivity contribution in [2.45, 2.75) is 0 Å². The van der Waals surface area contributed by atoms with E-state index in [4.69, 9.17) is 4.98 Å². The van der Waals surface area contributed by atoms with Gasteiger partial charge in [0.15, 0.2) is 0 Å². The highest BCUT2D eigenvalue weighted by atomic mass is 32.1. The Labute approximate surface area is 332 Å². The Hall–Kier alpha value is -5.89. The van der Waals surface area contributed by atoms with Crippen molar-refractivity contribution >= 4 is 133 Å². The maximum absolute atomic E-state index is 5.21. The Morgan fingerprint density at radius 1 is 0.327 bits per heavy atom. The molecule has 0 aliphatic carbocycles. The van der Waals surface area contributed by atoms with Crippen molar-refractivity contribution in [3.63, 3.8) is 0 Å². The van der Waals surface area contributed by atoms with Crippen LogP contribution in [-0.2, 0) is 0 Å². The summed E-state index contributed by atoms with van der Waals surface area (Å²) in [5.74, 6) is 0. The summed E-state index contributed by atoms with van der Waals surface area (Å²) in [7, 11) is 0. The first kappa shape index (κ1) is 31.5. The van der Waals surface area contributed by atoms with E-state index in [-0.39, 0.29) is 0 Å². The number of benzene rings is 8. The second-order valence-electron chi connectivity index (χ2n) is 13.9. The van der Waals surface area contributed by atoms with Gasteiger partial charge in [-0.05, 0) is 90.0 Å². The lowest BCUT2D eigenvalue weighted by Crippen LogP contribution is -2.09. The maximum atomic E-state index is 5.21. The van der Waals surface area contributed by atoms with Crippen LogP contribution in [0.4, 0.5) is 17.1 Å². The lowest BCUT2D eigenvalue weighted by Gasteiger charge is -2.26. The van der Waals surface area contributed by atoms with Gasteiger partial charge in [-0.1, -0.05) is 91.0 Å². The molecule has 0 aliphatic heterocycles. The SMILES string of the molecule is c1ccc(-c2nc3c(ccc4sc5ccc(-c6ccc(N(c7ccc8c(c7)sc7ccccc78)c7ccc8sc9ccccc9c8c7)cc6)cc5c43)s2)cc1. The fourth-order valence-corrected chi connectivity index (χ4v) is 12.4. The molecular formula is C49H28N2S4. The van der Waals surface area contributed by atoms with Crippen LogP contribution in [0.25, 0.3) is 92.4 Å². The molecule has 8 aromatic carbocycles. The molecule has 0 saturated carbocycles. The Morgan fingerprint density at radius 2 is 0.891 bits per heavy atom. The lowest BCUT2D eigenvalue weighted by molar-refractivity contribution is 1.30. The fourth-order valence-electron chi connectivity index (χ4n) is 8.09. The second kappa shape index (κ2) is 12.3. The summed E-state index contributed by atoms with van der Waals surface area (Å²) in [5, 5.41) is 8.82. The zero-order chi connectivity index (χ0) is 36.0. The van der Waals surface area contributed by atoms with E-state index in [0.29, 0.717) is 0 Å². The molecule has 0 aliphatic rings. The summed E-state index contributed by atoms with van der Waals surface area (Å²) in [6, 6.07) is 62.4. The van der Waals surface area contributed by atoms with Crippen molar-refractivity contribution in [2.75, 3.05) is 4.90 Å². The van der Waals surface area contributed by atoms with Crippen LogP contribution in [0.5, 0.6) is 0 Å². The molecule has 55 heavy (non-hydrogen) atoms. The molecule has 6 heteroatoms. The minimum Gasteiger partial charge on any atom is -0.310 e. The van der Waals surface area contributed by atoms with Crippen LogP contribution in [0.2, 0.25) is 0 Å². The third kappa shape index (κ3) is 5.06. The maximum Gasteiger partial charge on any atom is 0.124 e. The highest BCUT2D eigenvalue weighted by Crippen LogP contribution is 2.45. The summed E-state index contributed by atoms with van der Waals surface area (Å²) in [5.41, 5.74) is 8.10. The number of thiophene rings is 3. The predicted octanol–water partition coefficient (Wildman–Crippen LogP) is 16.2. The summed E-state index contributed by atoms with van der Waals surface area (Å²) in [6.07, 6.45) is 0. The van der Waals surface area contributed by atoms with Crippen LogP contribution in [0.15, 0.2) is 170 Å². The number of hydrogen-bond donors (Lipinski definition) is 0. The van der Waals surface area contributed by atoms with Gasteiger partial charge >= 0.3 is 0 Å². The molecule has 0 atom stereocenters. The van der Waals surface area contributed by atoms with Crippen LogP contribution in [0, 0.1) is 0 Å². The van der Waals surface area contributed by atoms with Gasteiger partial charge in [-0.15, -0.1) is 45.3 Å². The molecular weight excluding hydrogens is 745 g/mol. The molecule has 2 nitrogen and oxygen atoms in total. The van der Waals surface area contributed by atoms with Gasteiger partial charge in [0.25, 0.3) is 0 Å². The van der Waals surface area contributed by atoms with Crippen LogP contribution in [0.3, 0.4) is 0 Å². The van der Waals surface area contributed by atoms with E-state index in [9.17, 15) is 0 Å². The minimum atomic E-state index is 1.07. The molecule has 12 rings (SSSR count). The number of hydrogen-bond acceptors (Lipinski definition) is 6. The van der Waals surface area contributed by atoms with Crippen molar-refractivity contribution in [1.29, 1.82) is 0 Å². The Bertz CT molecular complexity index is 3440. The van der Waals surface area contributed by atoms with E-state index in [1.807, 2.05) is 34.0 Å². The highest BCUT2D eigenvalue weighted by Gasteiger charge is 2.18. The van der Waals surface area contributed by atoms with Crippen molar-refractivity contribution in [3.8, 4) is 21.7 Å². The third-order valence-corrected chi connectivity index (χ3v) is 15.2. The van der Waals surface area contributed by atoms with Crippen molar-refractivity contribution in [1.82, 2.24) is 4.98 Å². The molecule has 0 bridgehead atoms. The largest absolute Gasteiger partial charge is 0.310 e. The molecule has 4 aromatic heterocycles. The van der Waals surface area contributed by atoms with E-state index >= 15 is 0 Å². The van der Waals surface area contributed by atoms with Gasteiger partial charge in [-0.3, -0.25) is 0 Å². The van der Waals surface area contributed by atoms with Crippen molar-refractivity contribution in [2.24, 2.45) is 0 Å². The Balaban J connectivity index is 0.984. The number of thiazole rings is 1. The quantitative estimate of drug-likeness (QED) is 0.173. The smallest absolute Gasteiger partial charge is 0.124 e. The van der Waals surface area contributed by atoms with Gasteiger partial charge in [-0.2, -0.15) is 0 Å². The van der Waals surface area contributed by atoms with Gasteiger partial charge in [-0.25, -0.2) is 4.98 Å². The van der Waals surface area contributed by atoms with Crippen LogP contribution >= 0.6 is 45.3 Å². The van der Waals surface area contributed by atoms with Gasteiger partial charge in [0, 0.05) is 83.1 Å².